The molecule has 1 amide bonds. The number of aromatic amines is 1. The Kier molecular flexibility index (Phi) is 5.05. The summed E-state index contributed by atoms with van der Waals surface area (Å²) in [6, 6.07) is 17.5. The van der Waals surface area contributed by atoms with Crippen molar-refractivity contribution in [3.05, 3.63) is 91.4 Å². The van der Waals surface area contributed by atoms with E-state index in [2.05, 4.69) is 37.9 Å². The van der Waals surface area contributed by atoms with Crippen LogP contribution in [0.4, 0.5) is 0 Å². The number of hydrogen-bond donors (Lipinski definition) is 2. The van der Waals surface area contributed by atoms with E-state index in [1.807, 2.05) is 54.7 Å². The van der Waals surface area contributed by atoms with Crippen LogP contribution in [0.15, 0.2) is 85.8 Å². The predicted molar refractivity (Wildman–Crippen MR) is 123 cm³/mol. The molecule has 5 rings (SSSR count). The summed E-state index contributed by atoms with van der Waals surface area (Å²) in [6.45, 7) is 3.83. The molecular formula is C25H19N5O2. The van der Waals surface area contributed by atoms with E-state index in [9.17, 15) is 4.79 Å². The van der Waals surface area contributed by atoms with Crippen molar-refractivity contribution in [3.8, 4) is 22.8 Å². The molecule has 0 unspecified atom stereocenters. The number of benzene rings is 2. The number of carbonyl (C=O) groups is 1. The van der Waals surface area contributed by atoms with Crippen LogP contribution in [0, 0.1) is 0 Å². The van der Waals surface area contributed by atoms with Gasteiger partial charge in [-0.1, -0.05) is 30.8 Å². The average molecular weight is 421 g/mol. The van der Waals surface area contributed by atoms with Gasteiger partial charge in [0, 0.05) is 29.9 Å². The summed E-state index contributed by atoms with van der Waals surface area (Å²) in [6.07, 6.45) is 6.50. The van der Waals surface area contributed by atoms with Crippen molar-refractivity contribution >= 4 is 28.0 Å². The zero-order valence-corrected chi connectivity index (χ0v) is 17.1. The van der Waals surface area contributed by atoms with Crippen LogP contribution in [0.3, 0.4) is 0 Å². The topological polar surface area (TPSA) is 92.8 Å². The van der Waals surface area contributed by atoms with Crippen molar-refractivity contribution in [2.24, 2.45) is 0 Å². The lowest BCUT2D eigenvalue weighted by Gasteiger charge is -2.08. The van der Waals surface area contributed by atoms with E-state index in [1.54, 1.807) is 12.4 Å². The number of aromatic nitrogens is 4. The molecule has 2 N–H and O–H groups in total. The minimum absolute atomic E-state index is 0.225. The van der Waals surface area contributed by atoms with Crippen molar-refractivity contribution in [1.82, 2.24) is 25.3 Å². The molecule has 32 heavy (non-hydrogen) atoms. The first-order chi connectivity index (χ1) is 15.7. The van der Waals surface area contributed by atoms with Crippen molar-refractivity contribution in [2.45, 2.75) is 6.54 Å². The van der Waals surface area contributed by atoms with Crippen LogP contribution >= 0.6 is 0 Å². The number of H-pyrrole nitrogens is 1. The first-order valence-corrected chi connectivity index (χ1v) is 10.1. The minimum Gasteiger partial charge on any atom is -0.437 e. The highest BCUT2D eigenvalue weighted by Crippen LogP contribution is 2.30. The van der Waals surface area contributed by atoms with Gasteiger partial charge in [0.2, 0.25) is 11.8 Å². The number of rotatable bonds is 6. The van der Waals surface area contributed by atoms with E-state index in [0.29, 0.717) is 23.8 Å². The smallest absolute Gasteiger partial charge is 0.243 e. The van der Waals surface area contributed by atoms with Crippen molar-refractivity contribution in [3.63, 3.8) is 0 Å². The molecule has 2 aromatic carbocycles. The molecule has 0 atom stereocenters. The molecule has 0 bridgehead atoms. The van der Waals surface area contributed by atoms with Crippen LogP contribution in [-0.4, -0.2) is 25.8 Å². The van der Waals surface area contributed by atoms with Crippen LogP contribution in [0.5, 0.6) is 11.6 Å². The van der Waals surface area contributed by atoms with Gasteiger partial charge in [-0.05, 0) is 47.5 Å². The second-order valence-electron chi connectivity index (χ2n) is 7.19. The zero-order valence-electron chi connectivity index (χ0n) is 17.1. The highest BCUT2D eigenvalue weighted by molar-refractivity contribution is 5.94. The summed E-state index contributed by atoms with van der Waals surface area (Å²) in [4.78, 5) is 28.1. The first-order valence-electron chi connectivity index (χ1n) is 10.1. The Hall–Kier alpha value is -4.52. The van der Waals surface area contributed by atoms with Gasteiger partial charge in [0.15, 0.2) is 5.65 Å². The molecule has 3 heterocycles. The fourth-order valence-electron chi connectivity index (χ4n) is 3.49. The summed E-state index contributed by atoms with van der Waals surface area (Å²) < 4.78 is 5.96. The Morgan fingerprint density at radius 2 is 2.06 bits per heavy atom. The SMILES string of the molecule is C=CC(=O)NCc1cccc(Oc2cnc3[nH]cc(-c4ccc5ncccc5c4)c3n2)c1. The Bertz CT molecular complexity index is 1460. The molecular weight excluding hydrogens is 402 g/mol. The molecule has 0 fully saturated rings. The maximum absolute atomic E-state index is 11.4. The normalized spacial score (nSPS) is 10.9. The third kappa shape index (κ3) is 3.91. The lowest BCUT2D eigenvalue weighted by atomic mass is 10.1. The van der Waals surface area contributed by atoms with Gasteiger partial charge in [0.1, 0.15) is 11.3 Å². The van der Waals surface area contributed by atoms with Crippen LogP contribution in [-0.2, 0) is 11.3 Å². The molecule has 0 saturated carbocycles. The summed E-state index contributed by atoms with van der Waals surface area (Å²) in [5.41, 5.74) is 5.20. The predicted octanol–water partition coefficient (Wildman–Crippen LogP) is 4.77. The Labute approximate surface area is 183 Å². The van der Waals surface area contributed by atoms with Crippen molar-refractivity contribution < 1.29 is 9.53 Å². The number of carbonyl (C=O) groups excluding carboxylic acids is 1. The van der Waals surface area contributed by atoms with Gasteiger partial charge in [-0.3, -0.25) is 9.78 Å². The summed E-state index contributed by atoms with van der Waals surface area (Å²) in [5.74, 6) is 0.767. The second kappa shape index (κ2) is 8.31. The van der Waals surface area contributed by atoms with Crippen molar-refractivity contribution in [1.29, 1.82) is 0 Å². The summed E-state index contributed by atoms with van der Waals surface area (Å²) in [5, 5.41) is 3.81. The Balaban J connectivity index is 1.44. The van der Waals surface area contributed by atoms with Crippen LogP contribution in [0.25, 0.3) is 33.2 Å². The molecule has 7 heteroatoms. The molecule has 156 valence electrons. The molecule has 0 saturated heterocycles. The average Bonchev–Trinajstić information content (AvgIpc) is 3.26. The molecule has 0 aliphatic heterocycles. The number of pyridine rings is 1. The van der Waals surface area contributed by atoms with E-state index >= 15 is 0 Å². The molecule has 0 aliphatic rings. The highest BCUT2D eigenvalue weighted by atomic mass is 16.5. The van der Waals surface area contributed by atoms with E-state index in [-0.39, 0.29) is 5.91 Å². The van der Waals surface area contributed by atoms with E-state index in [0.717, 1.165) is 33.1 Å². The number of nitrogens with zero attached hydrogens (tertiary/aromatic N) is 3. The summed E-state index contributed by atoms with van der Waals surface area (Å²) in [7, 11) is 0. The standard InChI is InChI=1S/C25H19N5O2/c1-2-22(31)27-13-16-5-3-7-19(11-16)32-23-15-29-25-24(30-23)20(14-28-25)17-8-9-21-18(12-17)6-4-10-26-21/h2-12,14-15H,1,13H2,(H,27,31)(H,28,29). The number of ether oxygens (including phenoxy) is 1. The number of fused-ring (bicyclic) bond motifs is 2. The lowest BCUT2D eigenvalue weighted by Crippen LogP contribution is -2.19. The van der Waals surface area contributed by atoms with Gasteiger partial charge in [-0.15, -0.1) is 0 Å². The first kappa shape index (κ1) is 19.4. The minimum atomic E-state index is -0.225. The van der Waals surface area contributed by atoms with Gasteiger partial charge >= 0.3 is 0 Å². The zero-order chi connectivity index (χ0) is 21.9. The van der Waals surface area contributed by atoms with Gasteiger partial charge in [0.05, 0.1) is 11.7 Å². The van der Waals surface area contributed by atoms with Gasteiger partial charge < -0.3 is 15.0 Å². The third-order valence-corrected chi connectivity index (χ3v) is 5.05. The van der Waals surface area contributed by atoms with Gasteiger partial charge in [0.25, 0.3) is 0 Å². The third-order valence-electron chi connectivity index (χ3n) is 5.05. The maximum atomic E-state index is 11.4. The Morgan fingerprint density at radius 3 is 2.97 bits per heavy atom. The molecule has 0 spiro atoms. The molecule has 3 aromatic heterocycles. The molecule has 7 nitrogen and oxygen atoms in total. The maximum Gasteiger partial charge on any atom is 0.243 e. The van der Waals surface area contributed by atoms with Crippen LogP contribution in [0.1, 0.15) is 5.56 Å². The van der Waals surface area contributed by atoms with Gasteiger partial charge in [-0.2, -0.15) is 0 Å². The van der Waals surface area contributed by atoms with E-state index in [4.69, 9.17) is 4.74 Å². The highest BCUT2D eigenvalue weighted by Gasteiger charge is 2.12. The second-order valence-corrected chi connectivity index (χ2v) is 7.19. The van der Waals surface area contributed by atoms with Gasteiger partial charge in [-0.25, -0.2) is 9.97 Å². The van der Waals surface area contributed by atoms with E-state index in [1.165, 1.54) is 6.08 Å². The summed E-state index contributed by atoms with van der Waals surface area (Å²) >= 11 is 0. The Morgan fingerprint density at radius 1 is 1.12 bits per heavy atom. The van der Waals surface area contributed by atoms with Crippen LogP contribution < -0.4 is 10.1 Å². The molecule has 5 aromatic rings. The largest absolute Gasteiger partial charge is 0.437 e. The fourth-order valence-corrected chi connectivity index (χ4v) is 3.49. The fraction of sp³-hybridized carbons (Fsp3) is 0.0400. The monoisotopic (exact) mass is 421 g/mol. The quantitative estimate of drug-likeness (QED) is 0.385. The number of amides is 1. The number of nitrogens with one attached hydrogen (secondary N) is 2. The van der Waals surface area contributed by atoms with E-state index < -0.39 is 0 Å². The molecule has 0 aliphatic carbocycles. The number of hydrogen-bond acceptors (Lipinski definition) is 5. The lowest BCUT2D eigenvalue weighted by molar-refractivity contribution is -0.116. The van der Waals surface area contributed by atoms with Crippen LogP contribution in [0.2, 0.25) is 0 Å². The molecule has 0 radical (unpaired) electrons. The van der Waals surface area contributed by atoms with Crippen molar-refractivity contribution in [2.75, 3.05) is 0 Å².